The molecule has 3 amide bonds. The molecular weight excluding hydrogens is 262 g/mol. The van der Waals surface area contributed by atoms with Crippen LogP contribution < -0.4 is 5.32 Å². The van der Waals surface area contributed by atoms with Gasteiger partial charge in [-0.15, -0.1) is 11.8 Å². The molecule has 1 N–H and O–H groups in total. The fraction of sp³-hybridized carbons (Fsp3) is 0.692. The number of thioether (sulfide) groups is 1. The van der Waals surface area contributed by atoms with Crippen molar-refractivity contribution in [3.63, 3.8) is 0 Å². The maximum absolute atomic E-state index is 11.8. The van der Waals surface area contributed by atoms with E-state index in [1.807, 2.05) is 20.8 Å². The van der Waals surface area contributed by atoms with Crippen molar-refractivity contribution >= 4 is 34.5 Å². The molecular formula is C13H19N3O2S. The highest BCUT2D eigenvalue weighted by Gasteiger charge is 2.32. The molecule has 104 valence electrons. The lowest BCUT2D eigenvalue weighted by Crippen LogP contribution is -2.41. The van der Waals surface area contributed by atoms with Crippen LogP contribution in [0.2, 0.25) is 0 Å². The molecule has 5 nitrogen and oxygen atoms in total. The van der Waals surface area contributed by atoms with Gasteiger partial charge in [0, 0.05) is 17.2 Å². The molecule has 6 heteroatoms. The highest BCUT2D eigenvalue weighted by Crippen LogP contribution is 2.31. The molecule has 19 heavy (non-hydrogen) atoms. The molecule has 1 atom stereocenters. The van der Waals surface area contributed by atoms with Crippen molar-refractivity contribution in [2.24, 2.45) is 15.9 Å². The van der Waals surface area contributed by atoms with E-state index in [2.05, 4.69) is 15.3 Å². The predicted molar refractivity (Wildman–Crippen MR) is 78.0 cm³/mol. The normalized spacial score (nSPS) is 22.7. The fourth-order valence-corrected chi connectivity index (χ4v) is 3.22. The molecule has 0 aromatic heterocycles. The lowest BCUT2D eigenvalue weighted by molar-refractivity contribution is -0.119. The summed E-state index contributed by atoms with van der Waals surface area (Å²) in [6, 6.07) is -0.424. The zero-order valence-electron chi connectivity index (χ0n) is 11.5. The molecule has 1 heterocycles. The van der Waals surface area contributed by atoms with Gasteiger partial charge in [0.2, 0.25) is 5.91 Å². The Kier molecular flexibility index (Phi) is 4.08. The van der Waals surface area contributed by atoms with E-state index in [1.54, 1.807) is 0 Å². The quantitative estimate of drug-likeness (QED) is 0.845. The molecule has 0 spiro atoms. The van der Waals surface area contributed by atoms with E-state index < -0.39 is 6.03 Å². The molecule has 1 aliphatic carbocycles. The third kappa shape index (κ3) is 3.89. The minimum atomic E-state index is -0.424. The van der Waals surface area contributed by atoms with Crippen LogP contribution in [0.5, 0.6) is 0 Å². The molecule has 1 saturated carbocycles. The Morgan fingerprint density at radius 2 is 2.16 bits per heavy atom. The van der Waals surface area contributed by atoms with Crippen LogP contribution in [0.25, 0.3) is 0 Å². The van der Waals surface area contributed by atoms with Gasteiger partial charge in [-0.05, 0) is 40.0 Å². The number of carbonyl (C=O) groups excluding carboxylic acids is 2. The van der Waals surface area contributed by atoms with Gasteiger partial charge in [-0.3, -0.25) is 4.79 Å². The van der Waals surface area contributed by atoms with Crippen LogP contribution in [0.15, 0.2) is 9.98 Å². The largest absolute Gasteiger partial charge is 0.367 e. The number of nitrogens with zero attached hydrogens (tertiary/aromatic N) is 2. The second-order valence-corrected chi connectivity index (χ2v) is 6.86. The average Bonchev–Trinajstić information content (AvgIpc) is 2.71. The van der Waals surface area contributed by atoms with Crippen LogP contribution in [-0.2, 0) is 4.79 Å². The summed E-state index contributed by atoms with van der Waals surface area (Å²) in [4.78, 5) is 31.1. The Bertz CT molecular complexity index is 463. The van der Waals surface area contributed by atoms with Crippen LogP contribution in [0, 0.1) is 5.92 Å². The number of fused-ring (bicyclic) bond motifs is 1. The number of hydrogen-bond acceptors (Lipinski definition) is 3. The molecule has 0 aromatic rings. The third-order valence-corrected chi connectivity index (χ3v) is 4.01. The molecule has 1 aliphatic heterocycles. The molecule has 2 rings (SSSR count). The van der Waals surface area contributed by atoms with Crippen LogP contribution >= 0.6 is 11.8 Å². The summed E-state index contributed by atoms with van der Waals surface area (Å²) < 4.78 is 0. The van der Waals surface area contributed by atoms with Gasteiger partial charge < -0.3 is 5.32 Å². The zero-order chi connectivity index (χ0) is 14.0. The van der Waals surface area contributed by atoms with Crippen molar-refractivity contribution in [2.45, 2.75) is 45.6 Å². The van der Waals surface area contributed by atoms with Crippen LogP contribution in [-0.4, -0.2) is 34.0 Å². The summed E-state index contributed by atoms with van der Waals surface area (Å²) in [5.74, 6) is 0.438. The van der Waals surface area contributed by atoms with E-state index in [0.29, 0.717) is 5.75 Å². The van der Waals surface area contributed by atoms with Crippen LogP contribution in [0.4, 0.5) is 4.79 Å². The van der Waals surface area contributed by atoms with Gasteiger partial charge in [0.25, 0.3) is 0 Å². The maximum Gasteiger partial charge on any atom is 0.367 e. The molecule has 0 radical (unpaired) electrons. The highest BCUT2D eigenvalue weighted by molar-refractivity contribution is 8.14. The first-order chi connectivity index (χ1) is 8.85. The van der Waals surface area contributed by atoms with Gasteiger partial charge >= 0.3 is 6.03 Å². The summed E-state index contributed by atoms with van der Waals surface area (Å²) in [5.41, 5.74) is 0.709. The second kappa shape index (κ2) is 5.45. The van der Waals surface area contributed by atoms with E-state index in [4.69, 9.17) is 0 Å². The SMILES string of the molecule is CC(C)(C)NC(=O)CSC1=NC(=O)N=C2CCCC21. The van der Waals surface area contributed by atoms with Gasteiger partial charge in [0.05, 0.1) is 10.8 Å². The van der Waals surface area contributed by atoms with Gasteiger partial charge in [-0.1, -0.05) is 0 Å². The topological polar surface area (TPSA) is 70.9 Å². The van der Waals surface area contributed by atoms with Crippen LogP contribution in [0.3, 0.4) is 0 Å². The number of nitrogens with one attached hydrogen (secondary N) is 1. The molecule has 0 aromatic carbocycles. The molecule has 0 bridgehead atoms. The number of amides is 3. The van der Waals surface area contributed by atoms with Crippen molar-refractivity contribution in [3.05, 3.63) is 0 Å². The number of aliphatic imine (C=N–C) groups is 2. The first-order valence-corrected chi connectivity index (χ1v) is 7.47. The Labute approximate surface area is 117 Å². The van der Waals surface area contributed by atoms with E-state index in [-0.39, 0.29) is 17.4 Å². The lowest BCUT2D eigenvalue weighted by atomic mass is 10.1. The number of carbonyl (C=O) groups is 2. The second-order valence-electron chi connectivity index (χ2n) is 5.87. The Hall–Kier alpha value is -1.17. The lowest BCUT2D eigenvalue weighted by Gasteiger charge is -2.21. The van der Waals surface area contributed by atoms with E-state index in [1.165, 1.54) is 11.8 Å². The molecule has 2 aliphatic rings. The Morgan fingerprint density at radius 3 is 2.84 bits per heavy atom. The maximum atomic E-state index is 11.8. The Balaban J connectivity index is 1.93. The molecule has 0 saturated heterocycles. The van der Waals surface area contributed by atoms with Crippen molar-refractivity contribution in [3.8, 4) is 0 Å². The van der Waals surface area contributed by atoms with Crippen LogP contribution in [0.1, 0.15) is 40.0 Å². The molecule has 1 fully saturated rings. The fourth-order valence-electron chi connectivity index (χ4n) is 2.27. The first-order valence-electron chi connectivity index (χ1n) is 6.49. The summed E-state index contributed by atoms with van der Waals surface area (Å²) in [6.07, 6.45) is 2.91. The average molecular weight is 281 g/mol. The van der Waals surface area contributed by atoms with Crippen molar-refractivity contribution in [1.82, 2.24) is 5.32 Å². The van der Waals surface area contributed by atoms with Gasteiger partial charge in [-0.25, -0.2) is 9.79 Å². The highest BCUT2D eigenvalue weighted by atomic mass is 32.2. The van der Waals surface area contributed by atoms with Crippen molar-refractivity contribution in [1.29, 1.82) is 0 Å². The van der Waals surface area contributed by atoms with Gasteiger partial charge in [-0.2, -0.15) is 4.99 Å². The summed E-state index contributed by atoms with van der Waals surface area (Å²) in [5, 5.41) is 3.66. The van der Waals surface area contributed by atoms with E-state index in [9.17, 15) is 9.59 Å². The summed E-state index contributed by atoms with van der Waals surface area (Å²) in [7, 11) is 0. The standard InChI is InChI=1S/C13H19N3O2S/c1-13(2,3)16-10(17)7-19-11-8-5-4-6-9(8)14-12(18)15-11/h8H,4-7H2,1-3H3,(H,16,17). The van der Waals surface area contributed by atoms with Crippen molar-refractivity contribution < 1.29 is 9.59 Å². The minimum absolute atomic E-state index is 0.0327. The van der Waals surface area contributed by atoms with E-state index in [0.717, 1.165) is 30.0 Å². The van der Waals surface area contributed by atoms with Crippen molar-refractivity contribution in [2.75, 3.05) is 5.75 Å². The smallest absolute Gasteiger partial charge is 0.351 e. The Morgan fingerprint density at radius 1 is 1.42 bits per heavy atom. The predicted octanol–water partition coefficient (Wildman–Crippen LogP) is 2.41. The van der Waals surface area contributed by atoms with Gasteiger partial charge in [0.1, 0.15) is 0 Å². The minimum Gasteiger partial charge on any atom is -0.351 e. The summed E-state index contributed by atoms with van der Waals surface area (Å²) >= 11 is 1.36. The monoisotopic (exact) mass is 281 g/mol. The summed E-state index contributed by atoms with van der Waals surface area (Å²) in [6.45, 7) is 5.83. The third-order valence-electron chi connectivity index (χ3n) is 2.94. The number of rotatable bonds is 2. The number of urea groups is 1. The molecule has 1 unspecified atom stereocenters. The first kappa shape index (κ1) is 14.2. The number of hydrogen-bond donors (Lipinski definition) is 1. The zero-order valence-corrected chi connectivity index (χ0v) is 12.3. The van der Waals surface area contributed by atoms with Gasteiger partial charge in [0.15, 0.2) is 0 Å². The van der Waals surface area contributed by atoms with E-state index >= 15 is 0 Å².